The van der Waals surface area contributed by atoms with Gasteiger partial charge in [0.25, 0.3) is 0 Å². The van der Waals surface area contributed by atoms with Crippen molar-refractivity contribution in [3.05, 3.63) is 47.2 Å². The summed E-state index contributed by atoms with van der Waals surface area (Å²) in [6.45, 7) is 1.58. The Labute approximate surface area is 110 Å². The van der Waals surface area contributed by atoms with Gasteiger partial charge in [0.2, 0.25) is 0 Å². The highest BCUT2D eigenvalue weighted by atomic mass is 16.6. The molecule has 0 radical (unpaired) electrons. The molecule has 0 aromatic carbocycles. The van der Waals surface area contributed by atoms with Crippen molar-refractivity contribution < 1.29 is 4.92 Å². The van der Waals surface area contributed by atoms with Crippen LogP contribution in [0.25, 0.3) is 0 Å². The van der Waals surface area contributed by atoms with Gasteiger partial charge >= 0.3 is 5.82 Å². The monoisotopic (exact) mass is 261 g/mol. The topological polar surface area (TPSA) is 85.9 Å². The van der Waals surface area contributed by atoms with Crippen LogP contribution in [0.3, 0.4) is 0 Å². The number of anilines is 1. The molecule has 19 heavy (non-hydrogen) atoms. The Kier molecular flexibility index (Phi) is 4.44. The number of hydrogen-bond donors (Lipinski definition) is 1. The van der Waals surface area contributed by atoms with Crippen LogP contribution >= 0.6 is 0 Å². The maximum atomic E-state index is 10.8. The SMILES string of the molecule is O=[N+]([O-])c1ncccc1NCCCCn1ccnc1. The van der Waals surface area contributed by atoms with Crippen molar-refractivity contribution in [1.29, 1.82) is 0 Å². The quantitative estimate of drug-likeness (QED) is 0.468. The fraction of sp³-hybridized carbons (Fsp3) is 0.333. The van der Waals surface area contributed by atoms with E-state index >= 15 is 0 Å². The number of nitro groups is 1. The maximum Gasteiger partial charge on any atom is 0.386 e. The minimum Gasteiger partial charge on any atom is -0.378 e. The predicted octanol–water partition coefficient (Wildman–Crippen LogP) is 2.08. The van der Waals surface area contributed by atoms with Crippen LogP contribution in [-0.4, -0.2) is 26.0 Å². The van der Waals surface area contributed by atoms with Gasteiger partial charge in [0.05, 0.1) is 6.33 Å². The highest BCUT2D eigenvalue weighted by molar-refractivity contribution is 5.56. The molecule has 7 heteroatoms. The third-order valence-corrected chi connectivity index (χ3v) is 2.68. The standard InChI is InChI=1S/C12H15N5O2/c18-17(19)12-11(4-3-6-15-12)14-5-1-2-8-16-9-7-13-10-16/h3-4,6-7,9-10,14H,1-2,5,8H2. The van der Waals surface area contributed by atoms with E-state index in [9.17, 15) is 10.1 Å². The van der Waals surface area contributed by atoms with Crippen LogP contribution in [0.15, 0.2) is 37.1 Å². The normalized spacial score (nSPS) is 10.3. The zero-order chi connectivity index (χ0) is 13.5. The van der Waals surface area contributed by atoms with Gasteiger partial charge in [-0.3, -0.25) is 0 Å². The van der Waals surface area contributed by atoms with Crippen LogP contribution in [0, 0.1) is 10.1 Å². The van der Waals surface area contributed by atoms with E-state index in [0.717, 1.165) is 19.4 Å². The lowest BCUT2D eigenvalue weighted by Crippen LogP contribution is -2.06. The number of aryl methyl sites for hydroxylation is 1. The average molecular weight is 261 g/mol. The Morgan fingerprint density at radius 3 is 3.00 bits per heavy atom. The third-order valence-electron chi connectivity index (χ3n) is 2.68. The van der Waals surface area contributed by atoms with Crippen molar-refractivity contribution in [1.82, 2.24) is 14.5 Å². The Morgan fingerprint density at radius 2 is 2.26 bits per heavy atom. The summed E-state index contributed by atoms with van der Waals surface area (Å²) in [5.74, 6) is -0.128. The van der Waals surface area contributed by atoms with Gasteiger partial charge in [0, 0.05) is 25.5 Å². The molecule has 0 aliphatic rings. The Morgan fingerprint density at radius 1 is 1.37 bits per heavy atom. The molecule has 100 valence electrons. The number of hydrogen-bond acceptors (Lipinski definition) is 5. The van der Waals surface area contributed by atoms with Gasteiger partial charge < -0.3 is 20.0 Å². The van der Waals surface area contributed by atoms with E-state index in [0.29, 0.717) is 12.2 Å². The number of aromatic nitrogens is 3. The average Bonchev–Trinajstić information content (AvgIpc) is 2.92. The second-order valence-electron chi connectivity index (χ2n) is 4.07. The van der Waals surface area contributed by atoms with Crippen molar-refractivity contribution in [2.45, 2.75) is 19.4 Å². The molecule has 0 bridgehead atoms. The van der Waals surface area contributed by atoms with E-state index in [1.54, 1.807) is 24.7 Å². The lowest BCUT2D eigenvalue weighted by molar-refractivity contribution is -0.388. The molecule has 0 unspecified atom stereocenters. The van der Waals surface area contributed by atoms with Crippen molar-refractivity contribution in [2.75, 3.05) is 11.9 Å². The molecule has 2 aromatic heterocycles. The van der Waals surface area contributed by atoms with Gasteiger partial charge in [-0.1, -0.05) is 0 Å². The van der Waals surface area contributed by atoms with Crippen molar-refractivity contribution in [2.24, 2.45) is 0 Å². The van der Waals surface area contributed by atoms with Crippen LogP contribution in [0.4, 0.5) is 11.5 Å². The number of pyridine rings is 1. The van der Waals surface area contributed by atoms with E-state index in [1.807, 2.05) is 10.8 Å². The molecular formula is C12H15N5O2. The first-order chi connectivity index (χ1) is 9.27. The summed E-state index contributed by atoms with van der Waals surface area (Å²) in [6.07, 6.45) is 8.76. The van der Waals surface area contributed by atoms with E-state index in [1.165, 1.54) is 6.20 Å². The van der Waals surface area contributed by atoms with E-state index in [2.05, 4.69) is 15.3 Å². The molecule has 0 atom stereocenters. The van der Waals surface area contributed by atoms with Crippen LogP contribution in [0.5, 0.6) is 0 Å². The lowest BCUT2D eigenvalue weighted by Gasteiger charge is -2.06. The van der Waals surface area contributed by atoms with Gasteiger partial charge in [-0.05, 0) is 34.9 Å². The molecule has 2 heterocycles. The highest BCUT2D eigenvalue weighted by Gasteiger charge is 2.12. The first-order valence-electron chi connectivity index (χ1n) is 6.06. The molecule has 0 spiro atoms. The van der Waals surface area contributed by atoms with E-state index in [-0.39, 0.29) is 5.82 Å². The van der Waals surface area contributed by atoms with Crippen LogP contribution in [0.1, 0.15) is 12.8 Å². The number of rotatable bonds is 7. The summed E-state index contributed by atoms with van der Waals surface area (Å²) in [7, 11) is 0. The first-order valence-corrected chi connectivity index (χ1v) is 6.06. The van der Waals surface area contributed by atoms with E-state index in [4.69, 9.17) is 0 Å². The third kappa shape index (κ3) is 3.77. The summed E-state index contributed by atoms with van der Waals surface area (Å²) in [4.78, 5) is 18.0. The molecular weight excluding hydrogens is 246 g/mol. The lowest BCUT2D eigenvalue weighted by atomic mass is 10.3. The van der Waals surface area contributed by atoms with Crippen LogP contribution in [0.2, 0.25) is 0 Å². The van der Waals surface area contributed by atoms with Gasteiger partial charge in [-0.15, -0.1) is 0 Å². The highest BCUT2D eigenvalue weighted by Crippen LogP contribution is 2.19. The van der Waals surface area contributed by atoms with Gasteiger partial charge in [-0.25, -0.2) is 4.98 Å². The van der Waals surface area contributed by atoms with Gasteiger partial charge in [0.1, 0.15) is 11.9 Å². The summed E-state index contributed by atoms with van der Waals surface area (Å²) in [5.41, 5.74) is 0.468. The summed E-state index contributed by atoms with van der Waals surface area (Å²) >= 11 is 0. The molecule has 0 amide bonds. The smallest absolute Gasteiger partial charge is 0.378 e. The second-order valence-corrected chi connectivity index (χ2v) is 4.07. The van der Waals surface area contributed by atoms with Crippen LogP contribution in [-0.2, 0) is 6.54 Å². The fourth-order valence-electron chi connectivity index (χ4n) is 1.74. The molecule has 0 aliphatic heterocycles. The van der Waals surface area contributed by atoms with Crippen molar-refractivity contribution in [3.63, 3.8) is 0 Å². The van der Waals surface area contributed by atoms with Crippen molar-refractivity contribution in [3.8, 4) is 0 Å². The summed E-state index contributed by atoms with van der Waals surface area (Å²) in [5, 5.41) is 13.8. The Hall–Kier alpha value is -2.44. The number of nitrogens with zero attached hydrogens (tertiary/aromatic N) is 4. The molecule has 0 saturated carbocycles. The molecule has 2 rings (SSSR count). The molecule has 0 aliphatic carbocycles. The summed E-state index contributed by atoms with van der Waals surface area (Å²) < 4.78 is 2.01. The van der Waals surface area contributed by atoms with Gasteiger partial charge in [-0.2, -0.15) is 0 Å². The number of nitrogens with one attached hydrogen (secondary N) is 1. The number of imidazole rings is 1. The maximum absolute atomic E-state index is 10.8. The van der Waals surface area contributed by atoms with Gasteiger partial charge in [0.15, 0.2) is 0 Å². The van der Waals surface area contributed by atoms with Crippen LogP contribution < -0.4 is 5.32 Å². The molecule has 2 aromatic rings. The largest absolute Gasteiger partial charge is 0.386 e. The first kappa shape index (κ1) is 13.0. The fourth-order valence-corrected chi connectivity index (χ4v) is 1.74. The second kappa shape index (κ2) is 6.48. The van der Waals surface area contributed by atoms with Crippen molar-refractivity contribution >= 4 is 11.5 Å². The molecule has 0 fully saturated rings. The number of unbranched alkanes of at least 4 members (excludes halogenated alkanes) is 1. The Balaban J connectivity index is 1.75. The minimum atomic E-state index is -0.478. The molecule has 0 saturated heterocycles. The zero-order valence-corrected chi connectivity index (χ0v) is 10.4. The predicted molar refractivity (Wildman–Crippen MR) is 70.8 cm³/mol. The zero-order valence-electron chi connectivity index (χ0n) is 10.4. The molecule has 1 N–H and O–H groups in total. The summed E-state index contributed by atoms with van der Waals surface area (Å²) in [6, 6.07) is 3.35. The van der Waals surface area contributed by atoms with E-state index < -0.39 is 4.92 Å². The minimum absolute atomic E-state index is 0.128. The molecule has 7 nitrogen and oxygen atoms in total. The Bertz CT molecular complexity index is 527.